The van der Waals surface area contributed by atoms with E-state index in [1.807, 2.05) is 0 Å². The van der Waals surface area contributed by atoms with Crippen LogP contribution in [-0.2, 0) is 0 Å². The molecule has 2 aromatic heterocycles. The zero-order chi connectivity index (χ0) is 28.7. The molecule has 40 heavy (non-hydrogen) atoms. The van der Waals surface area contributed by atoms with Gasteiger partial charge >= 0.3 is 0 Å². The lowest BCUT2D eigenvalue weighted by molar-refractivity contribution is 0.0964. The second kappa shape index (κ2) is 11.4. The minimum absolute atomic E-state index is 0.0189. The Bertz CT molecular complexity index is 1760. The lowest BCUT2D eigenvalue weighted by atomic mass is 10.0. The van der Waals surface area contributed by atoms with Crippen LogP contribution in [0.3, 0.4) is 0 Å². The van der Waals surface area contributed by atoms with Gasteiger partial charge in [0.2, 0.25) is 5.78 Å². The molecule has 0 fully saturated rings. The fraction of sp³-hybridized carbons (Fsp3) is 0.0741. The zero-order valence-electron chi connectivity index (χ0n) is 19.8. The molecule has 13 heteroatoms. The van der Waals surface area contributed by atoms with E-state index in [4.69, 9.17) is 23.2 Å². The summed E-state index contributed by atoms with van der Waals surface area (Å²) < 4.78 is 62.1. The van der Waals surface area contributed by atoms with Crippen LogP contribution >= 0.6 is 51.1 Å². The molecular formula is C27H14BrCl2F4N3O2S. The van der Waals surface area contributed by atoms with E-state index in [1.54, 1.807) is 6.07 Å². The van der Waals surface area contributed by atoms with Crippen molar-refractivity contribution in [1.29, 1.82) is 0 Å². The number of hydrogen-bond acceptors (Lipinski definition) is 5. The number of alkyl halides is 1. The maximum absolute atomic E-state index is 15.5. The Morgan fingerprint density at radius 1 is 1.10 bits per heavy atom. The molecule has 1 atom stereocenters. The van der Waals surface area contributed by atoms with Crippen LogP contribution in [0.5, 0.6) is 0 Å². The van der Waals surface area contributed by atoms with E-state index in [0.717, 1.165) is 35.0 Å². The summed E-state index contributed by atoms with van der Waals surface area (Å²) in [6.45, 7) is 0. The molecule has 1 aliphatic rings. The van der Waals surface area contributed by atoms with Gasteiger partial charge in [0, 0.05) is 28.7 Å². The van der Waals surface area contributed by atoms with Crippen LogP contribution in [0, 0.1) is 11.6 Å². The number of anilines is 1. The highest BCUT2D eigenvalue weighted by atomic mass is 79.9. The Labute approximate surface area is 247 Å². The average Bonchev–Trinajstić information content (AvgIpc) is 3.28. The maximum Gasteiger partial charge on any atom is 0.266 e. The highest BCUT2D eigenvalue weighted by molar-refractivity contribution is 9.10. The molecule has 2 heterocycles. The van der Waals surface area contributed by atoms with E-state index in [0.29, 0.717) is 16.4 Å². The number of halogens is 7. The number of nitrogens with zero attached hydrogens (tertiary/aromatic N) is 2. The number of aromatic nitrogens is 2. The van der Waals surface area contributed by atoms with E-state index in [1.165, 1.54) is 24.4 Å². The van der Waals surface area contributed by atoms with Crippen molar-refractivity contribution >= 4 is 79.5 Å². The van der Waals surface area contributed by atoms with E-state index in [2.05, 4.69) is 25.6 Å². The number of carbonyl (C=O) groups excluding carboxylic acids is 2. The molecule has 4 aromatic rings. The van der Waals surface area contributed by atoms with E-state index < -0.39 is 40.9 Å². The number of nitrogens with one attached hydrogen (secondary N) is 1. The van der Waals surface area contributed by atoms with Crippen LogP contribution in [0.4, 0.5) is 23.2 Å². The number of allylic oxidation sites excluding steroid dienone is 3. The molecule has 5 rings (SSSR count). The fourth-order valence-corrected chi connectivity index (χ4v) is 5.70. The molecular weight excluding hydrogens is 657 g/mol. The summed E-state index contributed by atoms with van der Waals surface area (Å²) in [5, 5.41) is 0.225. The van der Waals surface area contributed by atoms with Gasteiger partial charge in [-0.15, -0.1) is 0 Å². The molecule has 0 saturated carbocycles. The first kappa shape index (κ1) is 28.4. The van der Waals surface area contributed by atoms with Gasteiger partial charge in [-0.3, -0.25) is 14.2 Å². The van der Waals surface area contributed by atoms with Gasteiger partial charge in [0.1, 0.15) is 23.5 Å². The van der Waals surface area contributed by atoms with E-state index in [9.17, 15) is 22.8 Å². The molecule has 0 spiro atoms. The summed E-state index contributed by atoms with van der Waals surface area (Å²) in [6, 6.07) is 7.83. The van der Waals surface area contributed by atoms with Gasteiger partial charge in [0.25, 0.3) is 5.91 Å². The molecule has 1 unspecified atom stereocenters. The third-order valence-corrected chi connectivity index (χ3v) is 7.87. The predicted octanol–water partition coefficient (Wildman–Crippen LogP) is 8.84. The van der Waals surface area contributed by atoms with Crippen LogP contribution in [0.2, 0.25) is 10.0 Å². The van der Waals surface area contributed by atoms with Gasteiger partial charge in [-0.1, -0.05) is 29.3 Å². The number of ketones is 1. The molecule has 5 nitrogen and oxygen atoms in total. The number of pyridine rings is 1. The van der Waals surface area contributed by atoms with Crippen molar-refractivity contribution in [2.75, 3.05) is 4.72 Å². The van der Waals surface area contributed by atoms with Gasteiger partial charge in [-0.25, -0.2) is 22.5 Å². The molecule has 204 valence electrons. The Morgan fingerprint density at radius 2 is 1.82 bits per heavy atom. The number of carbonyl (C=O) groups is 2. The summed E-state index contributed by atoms with van der Waals surface area (Å²) in [7, 11) is 0. The van der Waals surface area contributed by atoms with Crippen LogP contribution in [0.25, 0.3) is 11.0 Å². The van der Waals surface area contributed by atoms with Crippen molar-refractivity contribution in [2.45, 2.75) is 12.6 Å². The standard InChI is InChI=1S/C27H14BrCl2F4N3O2S/c28-12-8-14-15(11-37(26(14)35-10-12)27(39)22-16(29)2-1-3-17(22)30)25(38)23-19(33)6-7-20(24(23)34)36-40-21-9-13(31)4-5-18(21)32/h1-3,5-11,13,36H,4H2. The highest BCUT2D eigenvalue weighted by Crippen LogP contribution is 2.35. The fourth-order valence-electron chi connectivity index (χ4n) is 4.04. The normalized spacial score (nSPS) is 15.1. The lowest BCUT2D eigenvalue weighted by Crippen LogP contribution is -2.13. The van der Waals surface area contributed by atoms with Crippen molar-refractivity contribution in [3.63, 3.8) is 0 Å². The SMILES string of the molecule is O=C(c1c(F)ccc(NSC2=CC(F)CC=C2F)c1F)c1cn(C(=O)c2c(Cl)cccc2Cl)c2ncc(Br)cc12. The molecule has 0 aliphatic heterocycles. The van der Waals surface area contributed by atoms with Crippen molar-refractivity contribution in [3.8, 4) is 0 Å². The molecule has 1 N–H and O–H groups in total. The first-order valence-electron chi connectivity index (χ1n) is 11.4. The molecule has 2 aromatic carbocycles. The summed E-state index contributed by atoms with van der Waals surface area (Å²) in [5.74, 6) is -4.94. The molecule has 0 amide bonds. The van der Waals surface area contributed by atoms with Crippen LogP contribution in [-0.4, -0.2) is 27.4 Å². The topological polar surface area (TPSA) is 64.0 Å². The Morgan fingerprint density at radius 3 is 2.55 bits per heavy atom. The van der Waals surface area contributed by atoms with Crippen molar-refractivity contribution in [1.82, 2.24) is 9.55 Å². The largest absolute Gasteiger partial charge is 0.323 e. The highest BCUT2D eigenvalue weighted by Gasteiger charge is 2.28. The minimum Gasteiger partial charge on any atom is -0.323 e. The van der Waals surface area contributed by atoms with Gasteiger partial charge in [0.15, 0.2) is 5.82 Å². The number of fused-ring (bicyclic) bond motifs is 1. The Hall–Kier alpha value is -3.12. The summed E-state index contributed by atoms with van der Waals surface area (Å²) in [6.07, 6.45) is 3.05. The lowest BCUT2D eigenvalue weighted by Gasteiger charge is -2.14. The summed E-state index contributed by atoms with van der Waals surface area (Å²) >= 11 is 16.2. The smallest absolute Gasteiger partial charge is 0.266 e. The second-order valence-corrected chi connectivity index (χ2v) is 11.1. The Balaban J connectivity index is 1.57. The minimum atomic E-state index is -1.41. The van der Waals surface area contributed by atoms with Gasteiger partial charge in [-0.05, 0) is 70.4 Å². The van der Waals surface area contributed by atoms with Crippen molar-refractivity contribution in [2.24, 2.45) is 0 Å². The third kappa shape index (κ3) is 5.30. The van der Waals surface area contributed by atoms with Crippen molar-refractivity contribution < 1.29 is 27.2 Å². The van der Waals surface area contributed by atoms with Crippen molar-refractivity contribution in [3.05, 3.63) is 115 Å². The predicted molar refractivity (Wildman–Crippen MR) is 151 cm³/mol. The third-order valence-electron chi connectivity index (χ3n) is 5.93. The monoisotopic (exact) mass is 669 g/mol. The Kier molecular flexibility index (Phi) is 8.10. The number of hydrogen-bond donors (Lipinski definition) is 1. The van der Waals surface area contributed by atoms with E-state index >= 15 is 4.39 Å². The molecule has 0 bridgehead atoms. The zero-order valence-corrected chi connectivity index (χ0v) is 23.7. The quantitative estimate of drug-likeness (QED) is 0.126. The first-order valence-corrected chi connectivity index (χ1v) is 13.8. The summed E-state index contributed by atoms with van der Waals surface area (Å²) in [5.41, 5.74) is -1.53. The molecule has 0 saturated heterocycles. The average molecular weight is 671 g/mol. The van der Waals surface area contributed by atoms with Gasteiger partial charge in [0.05, 0.1) is 37.3 Å². The van der Waals surface area contributed by atoms with E-state index in [-0.39, 0.29) is 49.2 Å². The van der Waals surface area contributed by atoms with Crippen LogP contribution in [0.1, 0.15) is 32.7 Å². The second-order valence-electron chi connectivity index (χ2n) is 8.49. The van der Waals surface area contributed by atoms with Gasteiger partial charge in [-0.2, -0.15) is 0 Å². The molecule has 1 aliphatic carbocycles. The van der Waals surface area contributed by atoms with Gasteiger partial charge < -0.3 is 4.72 Å². The number of benzene rings is 2. The molecule has 0 radical (unpaired) electrons. The number of rotatable bonds is 6. The van der Waals surface area contributed by atoms with Crippen LogP contribution < -0.4 is 4.72 Å². The van der Waals surface area contributed by atoms with Crippen LogP contribution in [0.15, 0.2) is 76.1 Å². The maximum atomic E-state index is 15.5. The first-order chi connectivity index (χ1) is 19.1. The summed E-state index contributed by atoms with van der Waals surface area (Å²) in [4.78, 5) is 31.1.